The summed E-state index contributed by atoms with van der Waals surface area (Å²) in [6.07, 6.45) is 4.05. The van der Waals surface area contributed by atoms with Crippen LogP contribution in [-0.4, -0.2) is 22.4 Å². The van der Waals surface area contributed by atoms with Crippen molar-refractivity contribution in [3.8, 4) is 5.75 Å². The number of carbonyl (C=O) groups is 1. The van der Waals surface area contributed by atoms with Gasteiger partial charge in [-0.05, 0) is 37.7 Å². The van der Waals surface area contributed by atoms with E-state index in [2.05, 4.69) is 0 Å². The Bertz CT molecular complexity index is 464. The van der Waals surface area contributed by atoms with Gasteiger partial charge in [-0.3, -0.25) is 4.79 Å². The van der Waals surface area contributed by atoms with Crippen LogP contribution in [0.2, 0.25) is 0 Å². The molecule has 0 amide bonds. The maximum Gasteiger partial charge on any atom is 0.314 e. The summed E-state index contributed by atoms with van der Waals surface area (Å²) in [6.45, 7) is 1.80. The lowest BCUT2D eigenvalue weighted by Gasteiger charge is -2.39. The van der Waals surface area contributed by atoms with Crippen LogP contribution < -0.4 is 0 Å². The molecule has 4 heteroatoms. The molecule has 2 N–H and O–H groups in total. The Morgan fingerprint density at radius 1 is 1.41 bits per heavy atom. The molecule has 0 spiro atoms. The second kappa shape index (κ2) is 4.26. The topological polar surface area (TPSA) is 57.5 Å². The average Bonchev–Trinajstić information content (AvgIpc) is 2.22. The fourth-order valence-corrected chi connectivity index (χ4v) is 3.11. The monoisotopic (exact) mass is 252 g/mol. The van der Waals surface area contributed by atoms with E-state index in [1.54, 1.807) is 6.92 Å². The van der Waals surface area contributed by atoms with Gasteiger partial charge in [-0.25, -0.2) is 0 Å². The maximum absolute atomic E-state index is 11.5. The molecule has 1 fully saturated rings. The lowest BCUT2D eigenvalue weighted by Crippen LogP contribution is -2.42. The van der Waals surface area contributed by atoms with Crippen molar-refractivity contribution < 1.29 is 15.0 Å². The first-order valence-electron chi connectivity index (χ1n) is 5.63. The lowest BCUT2D eigenvalue weighted by molar-refractivity contribution is -0.147. The molecule has 2 rings (SSSR count). The summed E-state index contributed by atoms with van der Waals surface area (Å²) >= 11 is 1.49. The number of carboxylic acids is 1. The standard InChI is InChI=1S/C13H16O3S/c1-8-4-5-9(17-2)10(11(8)14)13(12(15)16)6-3-7-13/h4-5,14H,3,6-7H2,1-2H3,(H,15,16). The fraction of sp³-hybridized carbons (Fsp3) is 0.462. The van der Waals surface area contributed by atoms with Gasteiger partial charge in [0.15, 0.2) is 0 Å². The Kier molecular flexibility index (Phi) is 3.08. The maximum atomic E-state index is 11.5. The van der Waals surface area contributed by atoms with Gasteiger partial charge in [-0.15, -0.1) is 11.8 Å². The number of aryl methyl sites for hydroxylation is 1. The molecule has 0 heterocycles. The van der Waals surface area contributed by atoms with Crippen LogP contribution in [0, 0.1) is 6.92 Å². The summed E-state index contributed by atoms with van der Waals surface area (Å²) in [4.78, 5) is 12.4. The highest BCUT2D eigenvalue weighted by Crippen LogP contribution is 2.51. The van der Waals surface area contributed by atoms with Crippen LogP contribution in [0.25, 0.3) is 0 Å². The third kappa shape index (κ3) is 1.71. The van der Waals surface area contributed by atoms with E-state index in [4.69, 9.17) is 0 Å². The lowest BCUT2D eigenvalue weighted by atomic mass is 9.64. The number of benzene rings is 1. The number of hydrogen-bond acceptors (Lipinski definition) is 3. The number of aromatic hydroxyl groups is 1. The Hall–Kier alpha value is -1.16. The highest BCUT2D eigenvalue weighted by atomic mass is 32.2. The molecule has 1 aliphatic rings. The van der Waals surface area contributed by atoms with Gasteiger partial charge in [0.25, 0.3) is 0 Å². The smallest absolute Gasteiger partial charge is 0.314 e. The zero-order chi connectivity index (χ0) is 12.6. The van der Waals surface area contributed by atoms with E-state index in [-0.39, 0.29) is 5.75 Å². The van der Waals surface area contributed by atoms with E-state index in [1.807, 2.05) is 18.4 Å². The van der Waals surface area contributed by atoms with Gasteiger partial charge in [0, 0.05) is 10.5 Å². The Morgan fingerprint density at radius 3 is 2.47 bits per heavy atom. The van der Waals surface area contributed by atoms with Gasteiger partial charge in [-0.1, -0.05) is 12.5 Å². The molecule has 0 radical (unpaired) electrons. The molecule has 0 aromatic heterocycles. The Labute approximate surface area is 105 Å². The molecule has 1 saturated carbocycles. The minimum absolute atomic E-state index is 0.152. The molecule has 0 aliphatic heterocycles. The van der Waals surface area contributed by atoms with E-state index >= 15 is 0 Å². The first-order chi connectivity index (χ1) is 8.03. The third-order valence-electron chi connectivity index (χ3n) is 3.66. The zero-order valence-corrected chi connectivity index (χ0v) is 10.8. The van der Waals surface area contributed by atoms with Gasteiger partial charge < -0.3 is 10.2 Å². The van der Waals surface area contributed by atoms with Crippen LogP contribution in [0.3, 0.4) is 0 Å². The quantitative estimate of drug-likeness (QED) is 0.812. The molecule has 0 atom stereocenters. The minimum Gasteiger partial charge on any atom is -0.507 e. The average molecular weight is 252 g/mol. The number of phenolic OH excluding ortho intramolecular Hbond substituents is 1. The predicted molar refractivity (Wildman–Crippen MR) is 67.8 cm³/mol. The molecule has 1 aliphatic carbocycles. The number of hydrogen-bond donors (Lipinski definition) is 2. The SMILES string of the molecule is CSc1ccc(C)c(O)c1C1(C(=O)O)CCC1. The fourth-order valence-electron chi connectivity index (χ4n) is 2.41. The summed E-state index contributed by atoms with van der Waals surface area (Å²) in [5, 5.41) is 19.6. The molecule has 0 saturated heterocycles. The van der Waals surface area contributed by atoms with Crippen LogP contribution in [0.4, 0.5) is 0 Å². The van der Waals surface area contributed by atoms with Crippen molar-refractivity contribution in [2.75, 3.05) is 6.26 Å². The Morgan fingerprint density at radius 2 is 2.06 bits per heavy atom. The van der Waals surface area contributed by atoms with Crippen LogP contribution in [0.15, 0.2) is 17.0 Å². The molecule has 3 nitrogen and oxygen atoms in total. The van der Waals surface area contributed by atoms with Crippen LogP contribution in [-0.2, 0) is 10.2 Å². The molecule has 1 aromatic rings. The highest BCUT2D eigenvalue weighted by Gasteiger charge is 2.49. The summed E-state index contributed by atoms with van der Waals surface area (Å²) in [5.74, 6) is -0.668. The first kappa shape index (κ1) is 12.3. The molecule has 17 heavy (non-hydrogen) atoms. The first-order valence-corrected chi connectivity index (χ1v) is 6.86. The third-order valence-corrected chi connectivity index (χ3v) is 4.44. The van der Waals surface area contributed by atoms with Gasteiger partial charge in [0.1, 0.15) is 5.75 Å². The van der Waals surface area contributed by atoms with Crippen molar-refractivity contribution in [3.05, 3.63) is 23.3 Å². The number of phenols is 1. The van der Waals surface area contributed by atoms with Gasteiger partial charge in [0.2, 0.25) is 0 Å². The molecule has 0 bridgehead atoms. The molecular formula is C13H16O3S. The molecular weight excluding hydrogens is 236 g/mol. The van der Waals surface area contributed by atoms with Crippen LogP contribution in [0.5, 0.6) is 5.75 Å². The predicted octanol–water partition coefficient (Wildman–Crippen LogP) is 2.93. The second-order valence-electron chi connectivity index (χ2n) is 4.55. The van der Waals surface area contributed by atoms with Crippen molar-refractivity contribution in [3.63, 3.8) is 0 Å². The summed E-state index contributed by atoms with van der Waals surface area (Å²) in [5.41, 5.74) is 0.489. The van der Waals surface area contributed by atoms with E-state index < -0.39 is 11.4 Å². The van der Waals surface area contributed by atoms with Crippen molar-refractivity contribution in [2.24, 2.45) is 0 Å². The highest BCUT2D eigenvalue weighted by molar-refractivity contribution is 7.98. The van der Waals surface area contributed by atoms with Crippen LogP contribution >= 0.6 is 11.8 Å². The number of carboxylic acid groups (broad SMARTS) is 1. The largest absolute Gasteiger partial charge is 0.507 e. The van der Waals surface area contributed by atoms with Crippen molar-refractivity contribution >= 4 is 17.7 Å². The van der Waals surface area contributed by atoms with Crippen molar-refractivity contribution in [1.82, 2.24) is 0 Å². The zero-order valence-electron chi connectivity index (χ0n) is 9.99. The van der Waals surface area contributed by atoms with Gasteiger partial charge in [-0.2, -0.15) is 0 Å². The minimum atomic E-state index is -0.867. The van der Waals surface area contributed by atoms with E-state index in [0.717, 1.165) is 16.9 Å². The van der Waals surface area contributed by atoms with Crippen molar-refractivity contribution in [1.29, 1.82) is 0 Å². The van der Waals surface area contributed by atoms with Crippen molar-refractivity contribution in [2.45, 2.75) is 36.5 Å². The van der Waals surface area contributed by atoms with Crippen LogP contribution in [0.1, 0.15) is 30.4 Å². The molecule has 0 unspecified atom stereocenters. The number of aliphatic carboxylic acids is 1. The van der Waals surface area contributed by atoms with Gasteiger partial charge in [0.05, 0.1) is 5.41 Å². The van der Waals surface area contributed by atoms with E-state index in [1.165, 1.54) is 11.8 Å². The molecule has 92 valence electrons. The normalized spacial score (nSPS) is 17.5. The summed E-state index contributed by atoms with van der Waals surface area (Å²) in [6, 6.07) is 3.73. The second-order valence-corrected chi connectivity index (χ2v) is 5.40. The summed E-state index contributed by atoms with van der Waals surface area (Å²) in [7, 11) is 0. The van der Waals surface area contributed by atoms with E-state index in [9.17, 15) is 15.0 Å². The number of rotatable bonds is 3. The summed E-state index contributed by atoms with van der Waals surface area (Å²) < 4.78 is 0. The van der Waals surface area contributed by atoms with E-state index in [0.29, 0.717) is 18.4 Å². The van der Waals surface area contributed by atoms with Gasteiger partial charge >= 0.3 is 5.97 Å². The Balaban J connectivity index is 2.64. The number of thioether (sulfide) groups is 1. The molecule has 1 aromatic carbocycles.